The second kappa shape index (κ2) is 1.84. The van der Waals surface area contributed by atoms with Gasteiger partial charge < -0.3 is 15.3 Å². The molecule has 4 nitrogen and oxygen atoms in total. The van der Waals surface area contributed by atoms with Crippen molar-refractivity contribution in [3.05, 3.63) is 6.07 Å². The summed E-state index contributed by atoms with van der Waals surface area (Å²) in [6.45, 7) is 0. The Morgan fingerprint density at radius 3 is 2.00 bits per heavy atom. The summed E-state index contributed by atoms with van der Waals surface area (Å²) in [4.78, 5) is 0. The van der Waals surface area contributed by atoms with Crippen molar-refractivity contribution in [2.45, 2.75) is 0 Å². The van der Waals surface area contributed by atoms with E-state index in [1.165, 1.54) is 0 Å². The third-order valence-electron chi connectivity index (χ3n) is 0.882. The Kier molecular flexibility index (Phi) is 1.28. The van der Waals surface area contributed by atoms with E-state index in [0.29, 0.717) is 0 Å². The van der Waals surface area contributed by atoms with Gasteiger partial charge in [-0.3, -0.25) is 0 Å². The average Bonchev–Trinajstić information content (AvgIpc) is 1.98. The standard InChI is InChI=1S/C4H4BrNO3/c5-6-3(8)1-2(7)4(6)9/h1,7-9H. The molecule has 1 aromatic rings. The third kappa shape index (κ3) is 0.829. The predicted octanol–water partition coefficient (Wildman–Crippen LogP) is 0.763. The molecular weight excluding hydrogens is 190 g/mol. The van der Waals surface area contributed by atoms with Gasteiger partial charge in [0, 0.05) is 6.07 Å². The molecule has 1 heterocycles. The third-order valence-corrected chi connectivity index (χ3v) is 1.58. The summed E-state index contributed by atoms with van der Waals surface area (Å²) in [5.74, 6) is -1.01. The lowest BCUT2D eigenvalue weighted by molar-refractivity contribution is 0.388. The van der Waals surface area contributed by atoms with E-state index in [2.05, 4.69) is 16.1 Å². The van der Waals surface area contributed by atoms with Crippen molar-refractivity contribution in [3.63, 3.8) is 0 Å². The Balaban J connectivity index is 3.29. The first-order valence-corrected chi connectivity index (χ1v) is 2.82. The summed E-state index contributed by atoms with van der Waals surface area (Å²) in [6, 6.07) is 1.02. The SMILES string of the molecule is Oc1cc(O)n(Br)c1O. The molecule has 0 aromatic carbocycles. The number of aromatic nitrogens is 1. The lowest BCUT2D eigenvalue weighted by Gasteiger charge is -1.90. The van der Waals surface area contributed by atoms with Crippen molar-refractivity contribution >= 4 is 16.1 Å². The molecule has 0 bridgehead atoms. The molecule has 0 saturated heterocycles. The Labute approximate surface area is 59.3 Å². The molecule has 50 valence electrons. The number of halogens is 1. The maximum Gasteiger partial charge on any atom is 0.248 e. The highest BCUT2D eigenvalue weighted by Crippen LogP contribution is 2.34. The normalized spacial score (nSPS) is 9.89. The van der Waals surface area contributed by atoms with Gasteiger partial charge in [-0.2, -0.15) is 0 Å². The van der Waals surface area contributed by atoms with Crippen LogP contribution in [0.25, 0.3) is 0 Å². The smallest absolute Gasteiger partial charge is 0.248 e. The van der Waals surface area contributed by atoms with Gasteiger partial charge in [0.05, 0.1) is 16.1 Å². The first-order valence-electron chi connectivity index (χ1n) is 2.11. The summed E-state index contributed by atoms with van der Waals surface area (Å²) >= 11 is 2.76. The highest BCUT2D eigenvalue weighted by molar-refractivity contribution is 9.08. The summed E-state index contributed by atoms with van der Waals surface area (Å²) in [5, 5.41) is 26.1. The topological polar surface area (TPSA) is 65.6 Å². The quantitative estimate of drug-likeness (QED) is 0.571. The van der Waals surface area contributed by atoms with Crippen LogP contribution >= 0.6 is 16.1 Å². The number of aromatic hydroxyl groups is 3. The van der Waals surface area contributed by atoms with Gasteiger partial charge in [-0.05, 0) is 0 Å². The minimum atomic E-state index is -0.410. The lowest BCUT2D eigenvalue weighted by Crippen LogP contribution is -1.73. The van der Waals surface area contributed by atoms with Gasteiger partial charge in [-0.25, -0.2) is 3.59 Å². The number of hydrogen-bond acceptors (Lipinski definition) is 3. The Bertz CT molecular complexity index is 209. The van der Waals surface area contributed by atoms with E-state index >= 15 is 0 Å². The maximum atomic E-state index is 8.73. The van der Waals surface area contributed by atoms with Crippen LogP contribution in [-0.2, 0) is 0 Å². The molecule has 1 rings (SSSR count). The molecule has 1 aromatic heterocycles. The second-order valence-electron chi connectivity index (χ2n) is 1.49. The monoisotopic (exact) mass is 193 g/mol. The zero-order chi connectivity index (χ0) is 7.02. The molecule has 0 radical (unpaired) electrons. The number of rotatable bonds is 0. The first-order chi connectivity index (χ1) is 4.13. The molecule has 9 heavy (non-hydrogen) atoms. The van der Waals surface area contributed by atoms with Crippen LogP contribution in [-0.4, -0.2) is 18.9 Å². The van der Waals surface area contributed by atoms with Gasteiger partial charge in [0.2, 0.25) is 11.8 Å². The summed E-state index contributed by atoms with van der Waals surface area (Å²) in [7, 11) is 0. The Hall–Kier alpha value is -0.840. The fraction of sp³-hybridized carbons (Fsp3) is 0. The van der Waals surface area contributed by atoms with Crippen LogP contribution in [0.3, 0.4) is 0 Å². The molecule has 0 amide bonds. The molecule has 0 aliphatic heterocycles. The first kappa shape index (κ1) is 6.28. The van der Waals surface area contributed by atoms with Crippen LogP contribution < -0.4 is 0 Å². The lowest BCUT2D eigenvalue weighted by atomic mass is 10.6. The van der Waals surface area contributed by atoms with Crippen LogP contribution in [0.5, 0.6) is 17.5 Å². The van der Waals surface area contributed by atoms with Crippen LogP contribution in [0.15, 0.2) is 6.07 Å². The number of nitrogens with zero attached hydrogens (tertiary/aromatic N) is 1. The van der Waals surface area contributed by atoms with Crippen molar-refractivity contribution in [3.8, 4) is 17.5 Å². The molecule has 0 saturated carbocycles. The summed E-state index contributed by atoms with van der Waals surface area (Å²) in [5.41, 5.74) is 0. The van der Waals surface area contributed by atoms with E-state index < -0.39 is 5.88 Å². The molecule has 0 unspecified atom stereocenters. The summed E-state index contributed by atoms with van der Waals surface area (Å²) < 4.78 is 0.877. The van der Waals surface area contributed by atoms with Crippen LogP contribution in [0, 0.1) is 0 Å². The van der Waals surface area contributed by atoms with E-state index in [0.717, 1.165) is 9.66 Å². The molecular formula is C4H4BrNO3. The predicted molar refractivity (Wildman–Crippen MR) is 33.8 cm³/mol. The minimum Gasteiger partial charge on any atom is -0.503 e. The summed E-state index contributed by atoms with van der Waals surface area (Å²) in [6.07, 6.45) is 0. The fourth-order valence-electron chi connectivity index (χ4n) is 0.453. The molecule has 3 N–H and O–H groups in total. The molecule has 0 atom stereocenters. The second-order valence-corrected chi connectivity index (χ2v) is 2.20. The van der Waals surface area contributed by atoms with E-state index in [1.807, 2.05) is 0 Å². The average molecular weight is 194 g/mol. The fourth-order valence-corrected chi connectivity index (χ4v) is 0.737. The number of hydrogen-bond donors (Lipinski definition) is 3. The van der Waals surface area contributed by atoms with Crippen LogP contribution in [0.1, 0.15) is 0 Å². The minimum absolute atomic E-state index is 0.245. The molecule has 0 aliphatic carbocycles. The van der Waals surface area contributed by atoms with Crippen molar-refractivity contribution in [2.24, 2.45) is 0 Å². The van der Waals surface area contributed by atoms with Gasteiger partial charge in [0.1, 0.15) is 0 Å². The van der Waals surface area contributed by atoms with Gasteiger partial charge >= 0.3 is 0 Å². The molecule has 0 spiro atoms. The molecule has 5 heteroatoms. The van der Waals surface area contributed by atoms with Crippen molar-refractivity contribution in [1.82, 2.24) is 3.59 Å². The highest BCUT2D eigenvalue weighted by Gasteiger charge is 2.09. The maximum absolute atomic E-state index is 8.73. The highest BCUT2D eigenvalue weighted by atomic mass is 79.9. The van der Waals surface area contributed by atoms with E-state index in [1.54, 1.807) is 0 Å². The Morgan fingerprint density at radius 2 is 1.89 bits per heavy atom. The van der Waals surface area contributed by atoms with Crippen LogP contribution in [0.4, 0.5) is 0 Å². The van der Waals surface area contributed by atoms with Crippen molar-refractivity contribution < 1.29 is 15.3 Å². The van der Waals surface area contributed by atoms with Gasteiger partial charge in [0.15, 0.2) is 5.75 Å². The van der Waals surface area contributed by atoms with Gasteiger partial charge in [0.25, 0.3) is 0 Å². The zero-order valence-corrected chi connectivity index (χ0v) is 5.83. The van der Waals surface area contributed by atoms with E-state index in [4.69, 9.17) is 15.3 Å². The van der Waals surface area contributed by atoms with Gasteiger partial charge in [-0.1, -0.05) is 0 Å². The van der Waals surface area contributed by atoms with E-state index in [9.17, 15) is 0 Å². The van der Waals surface area contributed by atoms with E-state index in [-0.39, 0.29) is 11.6 Å². The zero-order valence-electron chi connectivity index (χ0n) is 4.24. The molecule has 0 fully saturated rings. The van der Waals surface area contributed by atoms with Crippen LogP contribution in [0.2, 0.25) is 0 Å². The van der Waals surface area contributed by atoms with Crippen molar-refractivity contribution in [1.29, 1.82) is 0 Å². The van der Waals surface area contributed by atoms with Gasteiger partial charge in [-0.15, -0.1) is 0 Å². The molecule has 0 aliphatic rings. The largest absolute Gasteiger partial charge is 0.503 e. The Morgan fingerprint density at radius 1 is 1.33 bits per heavy atom. The van der Waals surface area contributed by atoms with Crippen molar-refractivity contribution in [2.75, 3.05) is 0 Å².